The fourth-order valence-corrected chi connectivity index (χ4v) is 12.0. The second-order valence-corrected chi connectivity index (χ2v) is 27.8. The highest BCUT2D eigenvalue weighted by molar-refractivity contribution is 7.86. The molecule has 0 saturated carbocycles. The molecule has 1 saturated heterocycles. The van der Waals surface area contributed by atoms with Gasteiger partial charge in [-0.2, -0.15) is 16.8 Å². The highest BCUT2D eigenvalue weighted by Gasteiger charge is 2.54. The fraction of sp³-hybridized carbons (Fsp3) is 0.509. The number of aromatic nitrogens is 1. The number of rotatable bonds is 36. The van der Waals surface area contributed by atoms with Crippen LogP contribution in [0.2, 0.25) is 0 Å². The monoisotopic (exact) mass is 1290 g/mol. The molecule has 0 spiro atoms. The van der Waals surface area contributed by atoms with E-state index in [1.807, 2.05) is 35.7 Å². The van der Waals surface area contributed by atoms with Crippen LogP contribution in [0.25, 0.3) is 18.2 Å². The third-order valence-corrected chi connectivity index (χ3v) is 16.6. The molecule has 3 aromatic rings. The molecule has 2 unspecified atom stereocenters. The molecule has 6 amide bonds. The third-order valence-electron chi connectivity index (χ3n) is 14.2. The molecule has 2 aromatic heterocycles. The minimum Gasteiger partial charge on any atom is -0.494 e. The lowest BCUT2D eigenvalue weighted by atomic mass is 9.88. The molecular formula is C57H81BF2N10O15S3+2. The highest BCUT2D eigenvalue weighted by Crippen LogP contribution is 2.41. The average Bonchev–Trinajstić information content (AvgIpc) is 1.54. The van der Waals surface area contributed by atoms with Crippen LogP contribution in [0.5, 0.6) is 5.75 Å². The SMILES string of the molecule is C[N+](C)(C)CCCC1=CC(c2cccs2)=[N+]2C1=Cc1c(CCC[N+](C)(C)C)cc(/C=C/c3ccc(OCCCC(=O)NC(CS(=O)(=O)O)C(=O)NCC(=O)NC(CS(=O)(=O)O)C(=O)NCCNCCCCCC(=O)ON4C(=O)CCC4=O)cc3)n1[B-]2(F)F. The first-order valence-electron chi connectivity index (χ1n) is 29.0. The number of hydrogen-bond acceptors (Lipinski definition) is 15. The predicted molar refractivity (Wildman–Crippen MR) is 327 cm³/mol. The number of nitrogens with one attached hydrogen (secondary N) is 5. The predicted octanol–water partition coefficient (Wildman–Crippen LogP) is 2.76. The number of unbranched alkanes of at least 4 members (excludes halogenated alkanes) is 2. The van der Waals surface area contributed by atoms with E-state index in [0.29, 0.717) is 77.8 Å². The molecule has 88 heavy (non-hydrogen) atoms. The number of carbonyl (C=O) groups excluding carboxylic acids is 7. The Bertz CT molecular complexity index is 3380. The van der Waals surface area contributed by atoms with Gasteiger partial charge in [-0.25, -0.2) is 4.79 Å². The summed E-state index contributed by atoms with van der Waals surface area (Å²) >= 11 is 1.42. The van der Waals surface area contributed by atoms with E-state index < -0.39 is 98.8 Å². The van der Waals surface area contributed by atoms with Gasteiger partial charge < -0.3 is 62.7 Å². The van der Waals surface area contributed by atoms with Gasteiger partial charge in [0.1, 0.15) is 29.3 Å². The number of fused-ring (bicyclic) bond motifs is 2. The summed E-state index contributed by atoms with van der Waals surface area (Å²) in [7, 11) is 2.92. The summed E-state index contributed by atoms with van der Waals surface area (Å²) < 4.78 is 111. The average molecular weight is 1290 g/mol. The van der Waals surface area contributed by atoms with Crippen LogP contribution in [-0.4, -0.2) is 215 Å². The van der Waals surface area contributed by atoms with E-state index in [-0.39, 0.29) is 51.8 Å². The van der Waals surface area contributed by atoms with Crippen molar-refractivity contribution in [2.45, 2.75) is 89.1 Å². The second kappa shape index (κ2) is 31.0. The second-order valence-electron chi connectivity index (χ2n) is 23.8. The lowest BCUT2D eigenvalue weighted by Crippen LogP contribution is -2.55. The Morgan fingerprint density at radius 2 is 1.38 bits per heavy atom. The highest BCUT2D eigenvalue weighted by atomic mass is 32.2. The number of nitrogens with zero attached hydrogens (tertiary/aromatic N) is 5. The molecule has 0 aliphatic carbocycles. The van der Waals surface area contributed by atoms with E-state index in [4.69, 9.17) is 9.57 Å². The summed E-state index contributed by atoms with van der Waals surface area (Å²) in [6.45, 7) is -3.05. The van der Waals surface area contributed by atoms with Crippen molar-refractivity contribution in [1.29, 1.82) is 0 Å². The number of quaternary nitrogens is 2. The van der Waals surface area contributed by atoms with Crippen LogP contribution in [0.1, 0.15) is 98.0 Å². The van der Waals surface area contributed by atoms with Crippen molar-refractivity contribution in [2.24, 2.45) is 0 Å². The van der Waals surface area contributed by atoms with Gasteiger partial charge in [0.15, 0.2) is 11.4 Å². The Balaban J connectivity index is 0.977. The molecule has 482 valence electrons. The minimum absolute atomic E-state index is 0.0159. The summed E-state index contributed by atoms with van der Waals surface area (Å²) in [6.07, 6.45) is 11.5. The summed E-state index contributed by atoms with van der Waals surface area (Å²) in [5, 5.41) is 14.1. The lowest BCUT2D eigenvalue weighted by Gasteiger charge is -2.31. The van der Waals surface area contributed by atoms with Crippen LogP contribution < -0.4 is 31.3 Å². The number of hydrogen-bond donors (Lipinski definition) is 7. The zero-order valence-electron chi connectivity index (χ0n) is 50.4. The largest absolute Gasteiger partial charge is 0.737 e. The molecular weight excluding hydrogens is 1210 g/mol. The lowest BCUT2D eigenvalue weighted by molar-refractivity contribution is -0.870. The van der Waals surface area contributed by atoms with Crippen LogP contribution in [0, 0.1) is 0 Å². The number of thiophene rings is 1. The number of allylic oxidation sites excluding steroid dienone is 2. The Hall–Kier alpha value is -7.00. The number of imide groups is 1. The van der Waals surface area contributed by atoms with Gasteiger partial charge in [0.05, 0.1) is 73.4 Å². The van der Waals surface area contributed by atoms with E-state index in [9.17, 15) is 59.5 Å². The first-order chi connectivity index (χ1) is 41.3. The summed E-state index contributed by atoms with van der Waals surface area (Å²) in [4.78, 5) is 92.4. The van der Waals surface area contributed by atoms with Crippen LogP contribution in [0.15, 0.2) is 65.2 Å². The zero-order chi connectivity index (χ0) is 64.6. The molecule has 0 radical (unpaired) electrons. The van der Waals surface area contributed by atoms with E-state index in [0.717, 1.165) is 50.9 Å². The van der Waals surface area contributed by atoms with Crippen LogP contribution in [0.4, 0.5) is 8.63 Å². The molecule has 5 heterocycles. The molecule has 2 atom stereocenters. The Kier molecular flexibility index (Phi) is 24.7. The van der Waals surface area contributed by atoms with Gasteiger partial charge in [0, 0.05) is 80.7 Å². The van der Waals surface area contributed by atoms with E-state index in [2.05, 4.69) is 68.9 Å². The zero-order valence-corrected chi connectivity index (χ0v) is 52.9. The van der Waals surface area contributed by atoms with E-state index in [1.54, 1.807) is 36.4 Å². The van der Waals surface area contributed by atoms with Gasteiger partial charge in [-0.1, -0.05) is 30.7 Å². The summed E-state index contributed by atoms with van der Waals surface area (Å²) in [5.41, 5.74) is 4.30. The minimum atomic E-state index is -4.89. The Labute approximate surface area is 515 Å². The van der Waals surface area contributed by atoms with Crippen molar-refractivity contribution in [1.82, 2.24) is 36.1 Å². The fourth-order valence-electron chi connectivity index (χ4n) is 9.98. The maximum Gasteiger partial charge on any atom is 0.737 e. The van der Waals surface area contributed by atoms with Gasteiger partial charge in [-0.3, -0.25) is 37.9 Å². The number of hydroxylamine groups is 2. The van der Waals surface area contributed by atoms with E-state index >= 15 is 8.63 Å². The molecule has 1 aromatic carbocycles. The molecule has 3 aliphatic heterocycles. The number of carbonyl (C=O) groups is 7. The maximum absolute atomic E-state index is 17.5. The Morgan fingerprint density at radius 1 is 0.750 bits per heavy atom. The standard InChI is InChI=1S/C57H79BF2N10O15S3/c1-69(2,3)30-10-14-41-34-43(66-47(41)36-48-42(15-11-31-70(4,5)6)35-49(50-16-13-33-86-50)67(48)58(66,59)60)22-19-40-20-23-44(24-21-40)84-32-12-17-51(71)64-46(39-88(81,82)83)57(77)63-37-52(72)65-45(38-87(78,79)80)56(76)62-29-28-61-27-9-7-8-18-55(75)85-68-53(73)25-26-54(68)74/h13,16,19-24,33-36,45-46,61H,7-12,14-15,17-18,25-32,37-39H2,1-6H3,(H4-2,62,63,64,65,71,72,76,77,78,79,80,81,82,83)/p+2/b22-19+. The number of aryl methyl sites for hydroxylation is 1. The third kappa shape index (κ3) is 21.9. The molecule has 25 nitrogen and oxygen atoms in total. The summed E-state index contributed by atoms with van der Waals surface area (Å²) in [6, 6.07) is 8.66. The van der Waals surface area contributed by atoms with Crippen molar-refractivity contribution >= 4 is 104 Å². The normalized spacial score (nSPS) is 15.8. The first-order valence-corrected chi connectivity index (χ1v) is 33.1. The topological polar surface area (TPSA) is 318 Å². The van der Waals surface area contributed by atoms with Crippen molar-refractivity contribution in [3.63, 3.8) is 0 Å². The quantitative estimate of drug-likeness (QED) is 0.0145. The number of amides is 6. The van der Waals surface area contributed by atoms with Crippen molar-refractivity contribution in [3.8, 4) is 5.75 Å². The van der Waals surface area contributed by atoms with Crippen molar-refractivity contribution < 1.29 is 91.2 Å². The van der Waals surface area contributed by atoms with E-state index in [1.165, 1.54) is 20.3 Å². The number of benzene rings is 1. The molecule has 3 aliphatic rings. The first kappa shape index (κ1) is 70.1. The molecule has 0 bridgehead atoms. The smallest absolute Gasteiger partial charge is 0.494 e. The van der Waals surface area contributed by atoms with Gasteiger partial charge in [-0.15, -0.1) is 16.4 Å². The molecule has 31 heteroatoms. The van der Waals surface area contributed by atoms with Gasteiger partial charge in [-0.05, 0) is 85.5 Å². The summed E-state index contributed by atoms with van der Waals surface area (Å²) in [5.74, 6) is -8.25. The van der Waals surface area contributed by atoms with Gasteiger partial charge in [0.2, 0.25) is 23.6 Å². The van der Waals surface area contributed by atoms with Crippen LogP contribution >= 0.6 is 11.3 Å². The molecule has 7 N–H and O–H groups in total. The van der Waals surface area contributed by atoms with Gasteiger partial charge >= 0.3 is 12.9 Å². The van der Waals surface area contributed by atoms with Crippen molar-refractivity contribution in [3.05, 3.63) is 92.6 Å². The number of halogens is 2. The van der Waals surface area contributed by atoms with Crippen LogP contribution in [0.3, 0.4) is 0 Å². The van der Waals surface area contributed by atoms with Gasteiger partial charge in [0.25, 0.3) is 32.1 Å². The number of ether oxygens (including phenoxy) is 1. The maximum atomic E-state index is 17.5. The molecule has 1 fully saturated rings. The Morgan fingerprint density at radius 3 is 1.99 bits per heavy atom. The molecule has 6 rings (SSSR count). The van der Waals surface area contributed by atoms with Crippen molar-refractivity contribution in [2.75, 3.05) is 99.7 Å². The van der Waals surface area contributed by atoms with Crippen LogP contribution in [-0.2, 0) is 65.1 Å².